The fraction of sp³-hybridized carbons (Fsp3) is 0.471. The highest BCUT2D eigenvalue weighted by molar-refractivity contribution is 5.24. The molecule has 0 unspecified atom stereocenters. The molecule has 1 aromatic carbocycles. The zero-order valence-electron chi connectivity index (χ0n) is 13.2. The molecular formula is C17H22FN3O2. The Labute approximate surface area is 135 Å². The van der Waals surface area contributed by atoms with Gasteiger partial charge in [0.25, 0.3) is 0 Å². The van der Waals surface area contributed by atoms with Crippen molar-refractivity contribution in [3.8, 4) is 5.75 Å². The summed E-state index contributed by atoms with van der Waals surface area (Å²) in [6.45, 7) is 2.36. The van der Waals surface area contributed by atoms with E-state index in [9.17, 15) is 9.50 Å². The van der Waals surface area contributed by atoms with Crippen molar-refractivity contribution in [2.24, 2.45) is 7.05 Å². The van der Waals surface area contributed by atoms with Crippen molar-refractivity contribution < 1.29 is 14.2 Å². The number of aliphatic hydroxyl groups is 1. The smallest absolute Gasteiger partial charge is 0.165 e. The topological polar surface area (TPSA) is 50.5 Å². The Bertz CT molecular complexity index is 646. The van der Waals surface area contributed by atoms with Crippen molar-refractivity contribution >= 4 is 0 Å². The summed E-state index contributed by atoms with van der Waals surface area (Å²) in [7, 11) is 1.97. The first-order valence-corrected chi connectivity index (χ1v) is 7.90. The second kappa shape index (κ2) is 7.10. The van der Waals surface area contributed by atoms with Crippen LogP contribution in [-0.4, -0.2) is 44.9 Å². The number of aromatic nitrogens is 2. The Balaban J connectivity index is 1.62. The van der Waals surface area contributed by atoms with E-state index in [-0.39, 0.29) is 11.9 Å². The molecule has 0 saturated carbocycles. The van der Waals surface area contributed by atoms with Gasteiger partial charge in [-0.2, -0.15) is 0 Å². The highest BCUT2D eigenvalue weighted by Gasteiger charge is 2.27. The SMILES string of the molecule is Cn1cncc1CN1CC[C@H](Oc2ccccc2F)[C@@H](O)CC1. The number of nitrogens with zero attached hydrogens (tertiary/aromatic N) is 3. The van der Waals surface area contributed by atoms with Gasteiger partial charge in [0.1, 0.15) is 6.10 Å². The molecule has 1 fully saturated rings. The van der Waals surface area contributed by atoms with Gasteiger partial charge in [0.2, 0.25) is 0 Å². The highest BCUT2D eigenvalue weighted by atomic mass is 19.1. The Morgan fingerprint density at radius 1 is 1.30 bits per heavy atom. The Morgan fingerprint density at radius 2 is 2.09 bits per heavy atom. The quantitative estimate of drug-likeness (QED) is 0.936. The van der Waals surface area contributed by atoms with E-state index in [1.807, 2.05) is 17.8 Å². The summed E-state index contributed by atoms with van der Waals surface area (Å²) in [5.41, 5.74) is 1.13. The number of halogens is 1. The van der Waals surface area contributed by atoms with Crippen LogP contribution in [-0.2, 0) is 13.6 Å². The maximum absolute atomic E-state index is 13.7. The minimum atomic E-state index is -0.592. The average Bonchev–Trinajstić information content (AvgIpc) is 2.86. The van der Waals surface area contributed by atoms with E-state index >= 15 is 0 Å². The number of hydrogen-bond acceptors (Lipinski definition) is 4. The fourth-order valence-electron chi connectivity index (χ4n) is 2.88. The van der Waals surface area contributed by atoms with Gasteiger partial charge < -0.3 is 14.4 Å². The van der Waals surface area contributed by atoms with Crippen LogP contribution in [0.15, 0.2) is 36.8 Å². The summed E-state index contributed by atoms with van der Waals surface area (Å²) in [4.78, 5) is 6.40. The molecule has 1 aromatic heterocycles. The molecule has 3 rings (SSSR count). The van der Waals surface area contributed by atoms with Crippen LogP contribution in [0.3, 0.4) is 0 Å². The summed E-state index contributed by atoms with van der Waals surface area (Å²) in [5, 5.41) is 10.3. The standard InChI is InChI=1S/C17H22FN3O2/c1-20-12-19-10-13(20)11-21-8-6-15(22)17(7-9-21)23-16-5-3-2-4-14(16)18/h2-5,10,12,15,17,22H,6-9,11H2,1H3/t15-,17-/m0/s1. The molecule has 2 atom stereocenters. The minimum Gasteiger partial charge on any atom is -0.485 e. The van der Waals surface area contributed by atoms with Gasteiger partial charge in [0.15, 0.2) is 11.6 Å². The molecule has 1 saturated heterocycles. The van der Waals surface area contributed by atoms with Crippen LogP contribution in [0.1, 0.15) is 18.5 Å². The van der Waals surface area contributed by atoms with Gasteiger partial charge in [-0.05, 0) is 25.0 Å². The monoisotopic (exact) mass is 319 g/mol. The zero-order valence-corrected chi connectivity index (χ0v) is 13.2. The summed E-state index contributed by atoms with van der Waals surface area (Å²) >= 11 is 0. The lowest BCUT2D eigenvalue weighted by Crippen LogP contribution is -2.31. The van der Waals surface area contributed by atoms with Crippen LogP contribution < -0.4 is 4.74 Å². The third kappa shape index (κ3) is 3.89. The van der Waals surface area contributed by atoms with E-state index in [0.717, 1.165) is 25.3 Å². The van der Waals surface area contributed by atoms with Gasteiger partial charge in [-0.15, -0.1) is 0 Å². The van der Waals surface area contributed by atoms with Crippen LogP contribution in [0.4, 0.5) is 4.39 Å². The molecule has 1 N–H and O–H groups in total. The van der Waals surface area contributed by atoms with Crippen molar-refractivity contribution in [1.82, 2.24) is 14.5 Å². The van der Waals surface area contributed by atoms with Crippen molar-refractivity contribution in [2.75, 3.05) is 13.1 Å². The van der Waals surface area contributed by atoms with Gasteiger partial charge in [-0.3, -0.25) is 4.90 Å². The van der Waals surface area contributed by atoms with Gasteiger partial charge in [0, 0.05) is 32.9 Å². The van der Waals surface area contributed by atoms with Gasteiger partial charge in [0.05, 0.1) is 18.1 Å². The molecule has 1 aliphatic heterocycles. The summed E-state index contributed by atoms with van der Waals surface area (Å²) in [6.07, 6.45) is 3.93. The molecule has 0 amide bonds. The van der Waals surface area contributed by atoms with Gasteiger partial charge in [-0.25, -0.2) is 9.37 Å². The second-order valence-corrected chi connectivity index (χ2v) is 6.00. The number of likely N-dealkylation sites (tertiary alicyclic amines) is 1. The van der Waals surface area contributed by atoms with E-state index in [1.54, 1.807) is 24.5 Å². The van der Waals surface area contributed by atoms with Crippen LogP contribution in [0.2, 0.25) is 0 Å². The van der Waals surface area contributed by atoms with Crippen molar-refractivity contribution in [3.63, 3.8) is 0 Å². The number of imidazole rings is 1. The van der Waals surface area contributed by atoms with Crippen molar-refractivity contribution in [3.05, 3.63) is 48.3 Å². The predicted molar refractivity (Wildman–Crippen MR) is 84.5 cm³/mol. The lowest BCUT2D eigenvalue weighted by atomic mass is 10.1. The van der Waals surface area contributed by atoms with Crippen LogP contribution in [0.5, 0.6) is 5.75 Å². The number of benzene rings is 1. The number of ether oxygens (including phenoxy) is 1. The number of para-hydroxylation sites is 1. The molecule has 0 radical (unpaired) electrons. The third-order valence-corrected chi connectivity index (χ3v) is 4.32. The molecule has 0 aliphatic carbocycles. The molecule has 2 heterocycles. The van der Waals surface area contributed by atoms with Gasteiger partial charge in [-0.1, -0.05) is 12.1 Å². The molecule has 1 aliphatic rings. The summed E-state index contributed by atoms with van der Waals surface area (Å²) < 4.78 is 21.4. The highest BCUT2D eigenvalue weighted by Crippen LogP contribution is 2.22. The number of hydrogen-bond donors (Lipinski definition) is 1. The molecule has 124 valence electrons. The largest absolute Gasteiger partial charge is 0.485 e. The lowest BCUT2D eigenvalue weighted by molar-refractivity contribution is 0.0328. The Morgan fingerprint density at radius 3 is 2.83 bits per heavy atom. The minimum absolute atomic E-state index is 0.205. The zero-order chi connectivity index (χ0) is 16.2. The first-order chi connectivity index (χ1) is 11.1. The number of rotatable bonds is 4. The molecule has 5 nitrogen and oxygen atoms in total. The van der Waals surface area contributed by atoms with Crippen molar-refractivity contribution in [1.29, 1.82) is 0 Å². The lowest BCUT2D eigenvalue weighted by Gasteiger charge is -2.22. The molecule has 0 spiro atoms. The van der Waals surface area contributed by atoms with E-state index in [2.05, 4.69) is 9.88 Å². The fourth-order valence-corrected chi connectivity index (χ4v) is 2.88. The Hall–Kier alpha value is -1.92. The molecule has 23 heavy (non-hydrogen) atoms. The van der Waals surface area contributed by atoms with Crippen LogP contribution in [0.25, 0.3) is 0 Å². The molecule has 2 aromatic rings. The third-order valence-electron chi connectivity index (χ3n) is 4.32. The van der Waals surface area contributed by atoms with E-state index in [0.29, 0.717) is 12.8 Å². The summed E-state index contributed by atoms with van der Waals surface area (Å²) in [5.74, 6) is -0.188. The van der Waals surface area contributed by atoms with E-state index in [1.165, 1.54) is 6.07 Å². The first-order valence-electron chi connectivity index (χ1n) is 7.90. The predicted octanol–water partition coefficient (Wildman–Crippen LogP) is 1.96. The Kier molecular flexibility index (Phi) is 4.93. The first kappa shape index (κ1) is 16.0. The maximum Gasteiger partial charge on any atom is 0.165 e. The molecular weight excluding hydrogens is 297 g/mol. The number of aryl methyl sites for hydroxylation is 1. The number of aliphatic hydroxyl groups excluding tert-OH is 1. The average molecular weight is 319 g/mol. The normalized spacial score (nSPS) is 22.7. The van der Waals surface area contributed by atoms with E-state index in [4.69, 9.17) is 4.74 Å². The van der Waals surface area contributed by atoms with Gasteiger partial charge >= 0.3 is 0 Å². The summed E-state index contributed by atoms with van der Waals surface area (Å²) in [6, 6.07) is 6.32. The maximum atomic E-state index is 13.7. The van der Waals surface area contributed by atoms with Crippen LogP contribution in [0, 0.1) is 5.82 Å². The molecule has 0 bridgehead atoms. The molecule has 6 heteroatoms. The van der Waals surface area contributed by atoms with E-state index < -0.39 is 11.9 Å². The van der Waals surface area contributed by atoms with Crippen LogP contribution >= 0.6 is 0 Å². The van der Waals surface area contributed by atoms with Crippen molar-refractivity contribution in [2.45, 2.75) is 31.6 Å². The second-order valence-electron chi connectivity index (χ2n) is 6.00.